The first-order valence-corrected chi connectivity index (χ1v) is 8.71. The Labute approximate surface area is 166 Å². The molecule has 0 radical (unpaired) electrons. The number of benzene rings is 2. The lowest BCUT2D eigenvalue weighted by Crippen LogP contribution is -2.31. The molecular formula is C19H17Cl2NO5. The quantitative estimate of drug-likeness (QED) is 0.548. The van der Waals surface area contributed by atoms with Gasteiger partial charge in [-0.05, 0) is 56.3 Å². The minimum Gasteiger partial charge on any atom is -0.482 e. The van der Waals surface area contributed by atoms with Gasteiger partial charge in [-0.1, -0.05) is 23.2 Å². The van der Waals surface area contributed by atoms with E-state index in [0.29, 0.717) is 22.0 Å². The van der Waals surface area contributed by atoms with Gasteiger partial charge in [0.25, 0.3) is 5.91 Å². The zero-order valence-corrected chi connectivity index (χ0v) is 16.1. The van der Waals surface area contributed by atoms with E-state index in [-0.39, 0.29) is 17.4 Å². The molecule has 0 saturated carbocycles. The summed E-state index contributed by atoms with van der Waals surface area (Å²) < 4.78 is 10.3. The molecule has 0 spiro atoms. The summed E-state index contributed by atoms with van der Waals surface area (Å²) in [5, 5.41) is 3.26. The van der Waals surface area contributed by atoms with E-state index in [1.54, 1.807) is 36.4 Å². The number of amides is 1. The van der Waals surface area contributed by atoms with E-state index in [1.165, 1.54) is 19.9 Å². The van der Waals surface area contributed by atoms with E-state index in [4.69, 9.17) is 32.7 Å². The highest BCUT2D eigenvalue weighted by molar-refractivity contribution is 6.36. The average Bonchev–Trinajstić information content (AvgIpc) is 2.62. The maximum Gasteiger partial charge on any atom is 0.344 e. The largest absolute Gasteiger partial charge is 0.482 e. The first kappa shape index (κ1) is 20.7. The van der Waals surface area contributed by atoms with Crippen LogP contribution in [0.4, 0.5) is 5.69 Å². The summed E-state index contributed by atoms with van der Waals surface area (Å²) in [6.07, 6.45) is -1.05. The molecular weight excluding hydrogens is 393 g/mol. The van der Waals surface area contributed by atoms with Crippen LogP contribution in [0.1, 0.15) is 24.2 Å². The number of hydrogen-bond donors (Lipinski definition) is 1. The lowest BCUT2D eigenvalue weighted by molar-refractivity contribution is -0.155. The third kappa shape index (κ3) is 6.27. The summed E-state index contributed by atoms with van der Waals surface area (Å²) in [4.78, 5) is 35.2. The highest BCUT2D eigenvalue weighted by Crippen LogP contribution is 2.25. The predicted molar refractivity (Wildman–Crippen MR) is 103 cm³/mol. The standard InChI is InChI=1S/C19H17Cl2NO5/c1-11(23)13-3-6-15(7-4-13)26-10-18(24)27-12(2)19(25)22-17-8-5-14(20)9-16(17)21/h3-9,12H,10H2,1-2H3,(H,22,25). The van der Waals surface area contributed by atoms with Gasteiger partial charge < -0.3 is 14.8 Å². The average molecular weight is 410 g/mol. The normalized spacial score (nSPS) is 11.4. The number of carbonyl (C=O) groups excluding carboxylic acids is 3. The van der Waals surface area contributed by atoms with Crippen LogP contribution in [0.25, 0.3) is 0 Å². The number of nitrogens with one attached hydrogen (secondary N) is 1. The first-order chi connectivity index (χ1) is 12.8. The van der Waals surface area contributed by atoms with Crippen molar-refractivity contribution in [1.82, 2.24) is 0 Å². The SMILES string of the molecule is CC(=O)c1ccc(OCC(=O)OC(C)C(=O)Nc2ccc(Cl)cc2Cl)cc1. The van der Waals surface area contributed by atoms with Crippen LogP contribution in [0.15, 0.2) is 42.5 Å². The van der Waals surface area contributed by atoms with Gasteiger partial charge in [-0.3, -0.25) is 9.59 Å². The van der Waals surface area contributed by atoms with Gasteiger partial charge in [0.05, 0.1) is 10.7 Å². The number of ketones is 1. The van der Waals surface area contributed by atoms with Crippen molar-refractivity contribution in [2.75, 3.05) is 11.9 Å². The molecule has 1 atom stereocenters. The van der Waals surface area contributed by atoms with Crippen molar-refractivity contribution in [3.63, 3.8) is 0 Å². The molecule has 0 heterocycles. The maximum atomic E-state index is 12.1. The minimum atomic E-state index is -1.05. The molecule has 2 aromatic rings. The fraction of sp³-hybridized carbons (Fsp3) is 0.211. The Morgan fingerprint density at radius 2 is 1.74 bits per heavy atom. The number of Topliss-reactive ketones (excluding diaryl/α,β-unsaturated/α-hetero) is 1. The molecule has 0 bridgehead atoms. The van der Waals surface area contributed by atoms with Gasteiger partial charge in [-0.15, -0.1) is 0 Å². The van der Waals surface area contributed by atoms with Crippen LogP contribution in [0.3, 0.4) is 0 Å². The Morgan fingerprint density at radius 3 is 2.33 bits per heavy atom. The molecule has 0 aliphatic carbocycles. The Balaban J connectivity index is 1.83. The second kappa shape index (κ2) is 9.39. The number of rotatable bonds is 7. The molecule has 2 aromatic carbocycles. The second-order valence-electron chi connectivity index (χ2n) is 5.61. The molecule has 2 rings (SSSR count). The lowest BCUT2D eigenvalue weighted by atomic mass is 10.1. The van der Waals surface area contributed by atoms with Gasteiger partial charge in [0.2, 0.25) is 0 Å². The minimum absolute atomic E-state index is 0.0680. The number of halogens is 2. The number of ether oxygens (including phenoxy) is 2. The third-order valence-electron chi connectivity index (χ3n) is 3.48. The number of carbonyl (C=O) groups is 3. The van der Waals surface area contributed by atoms with Crippen LogP contribution in [-0.2, 0) is 14.3 Å². The molecule has 0 aromatic heterocycles. The van der Waals surface area contributed by atoms with Gasteiger partial charge in [0.15, 0.2) is 18.5 Å². The van der Waals surface area contributed by atoms with Crippen LogP contribution in [0, 0.1) is 0 Å². The van der Waals surface area contributed by atoms with Crippen molar-refractivity contribution in [2.45, 2.75) is 20.0 Å². The molecule has 27 heavy (non-hydrogen) atoms. The van der Waals surface area contributed by atoms with Gasteiger partial charge in [-0.2, -0.15) is 0 Å². The van der Waals surface area contributed by atoms with Crippen molar-refractivity contribution in [3.8, 4) is 5.75 Å². The summed E-state index contributed by atoms with van der Waals surface area (Å²) in [5.74, 6) is -0.919. The van der Waals surface area contributed by atoms with Crippen LogP contribution < -0.4 is 10.1 Å². The summed E-state index contributed by atoms with van der Waals surface area (Å²) in [6, 6.07) is 10.9. The highest BCUT2D eigenvalue weighted by Gasteiger charge is 2.19. The fourth-order valence-corrected chi connectivity index (χ4v) is 2.49. The van der Waals surface area contributed by atoms with E-state index < -0.39 is 18.0 Å². The Bertz CT molecular complexity index is 852. The molecule has 1 amide bonds. The van der Waals surface area contributed by atoms with Crippen molar-refractivity contribution < 1.29 is 23.9 Å². The van der Waals surface area contributed by atoms with Crippen molar-refractivity contribution >= 4 is 46.5 Å². The smallest absolute Gasteiger partial charge is 0.344 e. The first-order valence-electron chi connectivity index (χ1n) is 7.95. The number of hydrogen-bond acceptors (Lipinski definition) is 5. The van der Waals surface area contributed by atoms with E-state index in [1.807, 2.05) is 0 Å². The van der Waals surface area contributed by atoms with E-state index >= 15 is 0 Å². The Hall–Kier alpha value is -2.57. The zero-order chi connectivity index (χ0) is 20.0. The fourth-order valence-electron chi connectivity index (χ4n) is 2.04. The monoisotopic (exact) mass is 409 g/mol. The maximum absolute atomic E-state index is 12.1. The molecule has 1 unspecified atom stereocenters. The van der Waals surface area contributed by atoms with Crippen molar-refractivity contribution in [3.05, 3.63) is 58.1 Å². The van der Waals surface area contributed by atoms with Gasteiger partial charge in [-0.25, -0.2) is 4.79 Å². The Morgan fingerprint density at radius 1 is 1.07 bits per heavy atom. The van der Waals surface area contributed by atoms with Crippen LogP contribution in [0.5, 0.6) is 5.75 Å². The molecule has 8 heteroatoms. The molecule has 0 aliphatic heterocycles. The van der Waals surface area contributed by atoms with Gasteiger partial charge in [0, 0.05) is 10.6 Å². The van der Waals surface area contributed by atoms with Crippen molar-refractivity contribution in [1.29, 1.82) is 0 Å². The lowest BCUT2D eigenvalue weighted by Gasteiger charge is -2.14. The van der Waals surface area contributed by atoms with Crippen LogP contribution in [-0.4, -0.2) is 30.4 Å². The van der Waals surface area contributed by atoms with Crippen LogP contribution in [0.2, 0.25) is 10.0 Å². The van der Waals surface area contributed by atoms with E-state index in [9.17, 15) is 14.4 Å². The van der Waals surface area contributed by atoms with Crippen molar-refractivity contribution in [2.24, 2.45) is 0 Å². The zero-order valence-electron chi connectivity index (χ0n) is 14.6. The highest BCUT2D eigenvalue weighted by atomic mass is 35.5. The Kier molecular flexibility index (Phi) is 7.21. The summed E-state index contributed by atoms with van der Waals surface area (Å²) in [7, 11) is 0. The second-order valence-corrected chi connectivity index (χ2v) is 6.46. The molecule has 0 fully saturated rings. The topological polar surface area (TPSA) is 81.7 Å². The number of esters is 1. The van der Waals surface area contributed by atoms with Gasteiger partial charge in [0.1, 0.15) is 5.75 Å². The molecule has 0 aliphatic rings. The van der Waals surface area contributed by atoms with Crippen LogP contribution >= 0.6 is 23.2 Å². The summed E-state index contributed by atoms with van der Waals surface area (Å²) in [6.45, 7) is 2.51. The van der Waals surface area contributed by atoms with E-state index in [0.717, 1.165) is 0 Å². The molecule has 0 saturated heterocycles. The summed E-state index contributed by atoms with van der Waals surface area (Å²) in [5.41, 5.74) is 0.895. The summed E-state index contributed by atoms with van der Waals surface area (Å²) >= 11 is 11.8. The third-order valence-corrected chi connectivity index (χ3v) is 4.03. The molecule has 6 nitrogen and oxygen atoms in total. The molecule has 142 valence electrons. The van der Waals surface area contributed by atoms with E-state index in [2.05, 4.69) is 5.32 Å². The number of anilines is 1. The predicted octanol–water partition coefficient (Wildman–Crippen LogP) is 4.15. The molecule has 1 N–H and O–H groups in total. The van der Waals surface area contributed by atoms with Gasteiger partial charge >= 0.3 is 5.97 Å².